The molecule has 0 fully saturated rings. The fraction of sp³-hybridized carbons (Fsp3) is 0.333. The Balaban J connectivity index is 2.17. The summed E-state index contributed by atoms with van der Waals surface area (Å²) in [5.41, 5.74) is 0.873. The van der Waals surface area contributed by atoms with Crippen LogP contribution in [0.15, 0.2) is 35.3 Å². The van der Waals surface area contributed by atoms with E-state index in [1.807, 2.05) is 19.9 Å². The van der Waals surface area contributed by atoms with E-state index >= 15 is 0 Å². The van der Waals surface area contributed by atoms with Gasteiger partial charge in [-0.15, -0.1) is 0 Å². The van der Waals surface area contributed by atoms with Crippen molar-refractivity contribution in [2.75, 3.05) is 5.32 Å². The maximum atomic E-state index is 12.1. The van der Waals surface area contributed by atoms with Gasteiger partial charge >= 0.3 is 0 Å². The molecule has 1 aromatic heterocycles. The molecular formula is C15H18ClN3O2. The van der Waals surface area contributed by atoms with Gasteiger partial charge in [0, 0.05) is 18.7 Å². The maximum absolute atomic E-state index is 12.1. The zero-order valence-corrected chi connectivity index (χ0v) is 12.8. The number of hydrogen-bond acceptors (Lipinski definition) is 4. The van der Waals surface area contributed by atoms with Crippen molar-refractivity contribution in [3.8, 4) is 5.75 Å². The zero-order valence-electron chi connectivity index (χ0n) is 12.0. The van der Waals surface area contributed by atoms with E-state index < -0.39 is 0 Å². The Morgan fingerprint density at radius 2 is 2.10 bits per heavy atom. The lowest BCUT2D eigenvalue weighted by molar-refractivity contribution is 0.464. The van der Waals surface area contributed by atoms with Gasteiger partial charge in [0.1, 0.15) is 10.8 Å². The number of nitrogens with one attached hydrogen (secondary N) is 1. The molecule has 0 bridgehead atoms. The van der Waals surface area contributed by atoms with Crippen molar-refractivity contribution in [1.29, 1.82) is 0 Å². The van der Waals surface area contributed by atoms with Crippen molar-refractivity contribution in [3.05, 3.63) is 51.4 Å². The standard InChI is InChI=1S/C15H18ClN3O2/c1-10(2)9-19-15(21)14(16)12(8-18-19)17-7-11-5-3-4-6-13(11)20/h3-6,8,10,17,20H,7,9H2,1-2H3. The second-order valence-corrected chi connectivity index (χ2v) is 5.61. The van der Waals surface area contributed by atoms with Crippen molar-refractivity contribution in [2.45, 2.75) is 26.9 Å². The first kappa shape index (κ1) is 15.4. The van der Waals surface area contributed by atoms with Crippen molar-refractivity contribution < 1.29 is 5.11 Å². The molecule has 0 aliphatic heterocycles. The summed E-state index contributed by atoms with van der Waals surface area (Å²) in [5, 5.41) is 16.9. The first-order valence-corrected chi connectivity index (χ1v) is 7.13. The molecule has 0 atom stereocenters. The largest absolute Gasteiger partial charge is 0.508 e. The Hall–Kier alpha value is -2.01. The van der Waals surface area contributed by atoms with Crippen LogP contribution in [0.2, 0.25) is 5.02 Å². The number of aromatic hydroxyl groups is 1. The highest BCUT2D eigenvalue weighted by Crippen LogP contribution is 2.20. The van der Waals surface area contributed by atoms with E-state index in [2.05, 4.69) is 10.4 Å². The molecule has 2 rings (SSSR count). The van der Waals surface area contributed by atoms with Crippen LogP contribution in [-0.4, -0.2) is 14.9 Å². The van der Waals surface area contributed by atoms with E-state index in [-0.39, 0.29) is 16.3 Å². The molecule has 0 aliphatic rings. The molecule has 2 N–H and O–H groups in total. The van der Waals surface area contributed by atoms with Gasteiger partial charge in [0.25, 0.3) is 5.56 Å². The van der Waals surface area contributed by atoms with Gasteiger partial charge in [-0.25, -0.2) is 4.68 Å². The van der Waals surface area contributed by atoms with Gasteiger partial charge < -0.3 is 10.4 Å². The molecule has 5 nitrogen and oxygen atoms in total. The Morgan fingerprint density at radius 3 is 2.76 bits per heavy atom. The van der Waals surface area contributed by atoms with Gasteiger partial charge in [-0.2, -0.15) is 5.10 Å². The molecule has 1 aromatic carbocycles. The third kappa shape index (κ3) is 3.76. The van der Waals surface area contributed by atoms with Crippen molar-refractivity contribution in [2.24, 2.45) is 5.92 Å². The lowest BCUT2D eigenvalue weighted by atomic mass is 10.2. The Bertz CT molecular complexity index is 683. The molecule has 6 heteroatoms. The van der Waals surface area contributed by atoms with E-state index in [1.165, 1.54) is 10.9 Å². The summed E-state index contributed by atoms with van der Waals surface area (Å²) in [6.07, 6.45) is 1.53. The molecule has 0 aliphatic carbocycles. The van der Waals surface area contributed by atoms with Gasteiger partial charge in [0.15, 0.2) is 0 Å². The maximum Gasteiger partial charge on any atom is 0.287 e. The topological polar surface area (TPSA) is 67.2 Å². The predicted octanol–water partition coefficient (Wildman–Crippen LogP) is 2.87. The van der Waals surface area contributed by atoms with E-state index in [0.717, 1.165) is 5.56 Å². The van der Waals surface area contributed by atoms with Crippen LogP contribution >= 0.6 is 11.6 Å². The number of rotatable bonds is 5. The first-order chi connectivity index (χ1) is 9.99. The molecule has 112 valence electrons. The molecule has 1 heterocycles. The van der Waals surface area contributed by atoms with Gasteiger partial charge in [-0.1, -0.05) is 43.6 Å². The van der Waals surface area contributed by atoms with Crippen molar-refractivity contribution in [1.82, 2.24) is 9.78 Å². The Kier molecular flexibility index (Phi) is 4.85. The zero-order chi connectivity index (χ0) is 15.4. The highest BCUT2D eigenvalue weighted by molar-refractivity contribution is 6.32. The van der Waals surface area contributed by atoms with Crippen LogP contribution in [-0.2, 0) is 13.1 Å². The Labute approximate surface area is 128 Å². The molecule has 0 saturated heterocycles. The van der Waals surface area contributed by atoms with Crippen molar-refractivity contribution in [3.63, 3.8) is 0 Å². The highest BCUT2D eigenvalue weighted by Gasteiger charge is 2.10. The second kappa shape index (κ2) is 6.63. The normalized spacial score (nSPS) is 10.9. The van der Waals surface area contributed by atoms with Gasteiger partial charge in [-0.3, -0.25) is 4.79 Å². The number of halogens is 1. The molecule has 0 unspecified atom stereocenters. The van der Waals surface area contributed by atoms with E-state index in [4.69, 9.17) is 11.6 Å². The van der Waals surface area contributed by atoms with Crippen LogP contribution in [0.5, 0.6) is 5.75 Å². The van der Waals surface area contributed by atoms with Gasteiger partial charge in [0.05, 0.1) is 11.9 Å². The van der Waals surface area contributed by atoms with Crippen LogP contribution in [0.4, 0.5) is 5.69 Å². The van der Waals surface area contributed by atoms with Crippen LogP contribution in [0.3, 0.4) is 0 Å². The summed E-state index contributed by atoms with van der Waals surface area (Å²) >= 11 is 6.09. The first-order valence-electron chi connectivity index (χ1n) is 6.75. The molecule has 0 saturated carbocycles. The number of nitrogens with zero attached hydrogens (tertiary/aromatic N) is 2. The van der Waals surface area contributed by atoms with Gasteiger partial charge in [-0.05, 0) is 12.0 Å². The van der Waals surface area contributed by atoms with Crippen LogP contribution in [0.1, 0.15) is 19.4 Å². The van der Waals surface area contributed by atoms with Crippen molar-refractivity contribution >= 4 is 17.3 Å². The number of hydrogen-bond donors (Lipinski definition) is 2. The quantitative estimate of drug-likeness (QED) is 0.891. The molecular weight excluding hydrogens is 290 g/mol. The summed E-state index contributed by atoms with van der Waals surface area (Å²) in [6, 6.07) is 6.98. The summed E-state index contributed by atoms with van der Waals surface area (Å²) in [6.45, 7) is 4.90. The van der Waals surface area contributed by atoms with Crippen LogP contribution in [0.25, 0.3) is 0 Å². The van der Waals surface area contributed by atoms with Crippen LogP contribution in [0, 0.1) is 5.92 Å². The monoisotopic (exact) mass is 307 g/mol. The molecule has 0 spiro atoms. The SMILES string of the molecule is CC(C)Cn1ncc(NCc2ccccc2O)c(Cl)c1=O. The third-order valence-electron chi connectivity index (χ3n) is 2.98. The molecule has 21 heavy (non-hydrogen) atoms. The minimum Gasteiger partial charge on any atom is -0.508 e. The van der Waals surface area contributed by atoms with E-state index in [0.29, 0.717) is 24.7 Å². The van der Waals surface area contributed by atoms with Gasteiger partial charge in [0.2, 0.25) is 0 Å². The third-order valence-corrected chi connectivity index (χ3v) is 3.35. The fourth-order valence-corrected chi connectivity index (χ4v) is 2.13. The number of para-hydroxylation sites is 1. The molecule has 2 aromatic rings. The summed E-state index contributed by atoms with van der Waals surface area (Å²) in [7, 11) is 0. The second-order valence-electron chi connectivity index (χ2n) is 5.24. The summed E-state index contributed by atoms with van der Waals surface area (Å²) < 4.78 is 1.36. The smallest absolute Gasteiger partial charge is 0.287 e. The van der Waals surface area contributed by atoms with E-state index in [9.17, 15) is 9.90 Å². The Morgan fingerprint density at radius 1 is 1.38 bits per heavy atom. The van der Waals surface area contributed by atoms with Crippen LogP contribution < -0.4 is 10.9 Å². The summed E-state index contributed by atoms with van der Waals surface area (Å²) in [4.78, 5) is 12.1. The molecule has 0 radical (unpaired) electrons. The molecule has 0 amide bonds. The number of phenolic OH excluding ortho intramolecular Hbond substituents is 1. The summed E-state index contributed by atoms with van der Waals surface area (Å²) in [5.74, 6) is 0.508. The minimum atomic E-state index is -0.312. The lowest BCUT2D eigenvalue weighted by Gasteiger charge is -2.12. The minimum absolute atomic E-state index is 0.112. The fourth-order valence-electron chi connectivity index (χ4n) is 1.91. The predicted molar refractivity (Wildman–Crippen MR) is 83.8 cm³/mol. The number of aromatic nitrogens is 2. The average molecular weight is 308 g/mol. The number of anilines is 1. The van der Waals surface area contributed by atoms with E-state index in [1.54, 1.807) is 18.2 Å². The average Bonchev–Trinajstić information content (AvgIpc) is 2.44. The lowest BCUT2D eigenvalue weighted by Crippen LogP contribution is -2.26. The highest BCUT2D eigenvalue weighted by atomic mass is 35.5. The number of phenols is 1. The number of benzene rings is 1.